The molecule has 0 unspecified atom stereocenters. The molecule has 4 rings (SSSR count). The van der Waals surface area contributed by atoms with Gasteiger partial charge < -0.3 is 15.0 Å². The predicted octanol–water partition coefficient (Wildman–Crippen LogP) is 3.94. The topological polar surface area (TPSA) is 24.5 Å². The highest BCUT2D eigenvalue weighted by molar-refractivity contribution is 5.37. The Kier molecular flexibility index (Phi) is 5.09. The summed E-state index contributed by atoms with van der Waals surface area (Å²) >= 11 is 0. The molecule has 0 atom stereocenters. The zero-order chi connectivity index (χ0) is 16.4. The van der Waals surface area contributed by atoms with Crippen molar-refractivity contribution < 1.29 is 4.74 Å². The number of rotatable bonds is 5. The molecule has 0 radical (unpaired) electrons. The number of nitrogens with one attached hydrogen (secondary N) is 1. The molecule has 1 heterocycles. The second-order valence-electron chi connectivity index (χ2n) is 7.96. The van der Waals surface area contributed by atoms with E-state index in [9.17, 15) is 0 Å². The zero-order valence-electron chi connectivity index (χ0n) is 15.0. The third kappa shape index (κ3) is 3.78. The summed E-state index contributed by atoms with van der Waals surface area (Å²) in [5.41, 5.74) is 1.46. The van der Waals surface area contributed by atoms with Gasteiger partial charge in [-0.2, -0.15) is 0 Å². The fraction of sp³-hybridized carbons (Fsp3) is 0.714. The van der Waals surface area contributed by atoms with Crippen LogP contribution in [0.4, 0.5) is 0 Å². The van der Waals surface area contributed by atoms with Gasteiger partial charge in [-0.1, -0.05) is 18.2 Å². The molecule has 1 aromatic carbocycles. The number of ether oxygens (including phenoxy) is 1. The monoisotopic (exact) mass is 328 g/mol. The van der Waals surface area contributed by atoms with Crippen LogP contribution in [0.1, 0.15) is 62.8 Å². The zero-order valence-corrected chi connectivity index (χ0v) is 15.0. The number of hydrogen-bond acceptors (Lipinski definition) is 3. The van der Waals surface area contributed by atoms with Gasteiger partial charge in [0.25, 0.3) is 0 Å². The summed E-state index contributed by atoms with van der Waals surface area (Å²) < 4.78 is 6.16. The normalized spacial score (nSPS) is 29.5. The van der Waals surface area contributed by atoms with Crippen molar-refractivity contribution in [3.63, 3.8) is 0 Å². The quantitative estimate of drug-likeness (QED) is 0.886. The van der Waals surface area contributed by atoms with Crippen LogP contribution in [0, 0.1) is 0 Å². The molecule has 3 aliphatic rings. The molecule has 2 aliphatic carbocycles. The molecule has 1 saturated heterocycles. The van der Waals surface area contributed by atoms with Crippen LogP contribution in [0.3, 0.4) is 0 Å². The Morgan fingerprint density at radius 1 is 0.917 bits per heavy atom. The van der Waals surface area contributed by atoms with Crippen LogP contribution in [0.5, 0.6) is 5.75 Å². The SMILES string of the molecule is CNC1CCC(N2CCC(c3ccccc3OC3CC3)CC2)CC1. The second-order valence-corrected chi connectivity index (χ2v) is 7.96. The van der Waals surface area contributed by atoms with E-state index in [2.05, 4.69) is 41.5 Å². The van der Waals surface area contributed by atoms with Crippen molar-refractivity contribution in [2.24, 2.45) is 0 Å². The Morgan fingerprint density at radius 3 is 2.29 bits per heavy atom. The lowest BCUT2D eigenvalue weighted by Crippen LogP contribution is -2.45. The lowest BCUT2D eigenvalue weighted by molar-refractivity contribution is 0.113. The summed E-state index contributed by atoms with van der Waals surface area (Å²) in [7, 11) is 2.11. The van der Waals surface area contributed by atoms with Gasteiger partial charge in [-0.25, -0.2) is 0 Å². The Morgan fingerprint density at radius 2 is 1.62 bits per heavy atom. The van der Waals surface area contributed by atoms with Crippen molar-refractivity contribution in [1.29, 1.82) is 0 Å². The van der Waals surface area contributed by atoms with Gasteiger partial charge in [0, 0.05) is 12.1 Å². The molecule has 0 aromatic heterocycles. The summed E-state index contributed by atoms with van der Waals surface area (Å²) in [6, 6.07) is 10.4. The van der Waals surface area contributed by atoms with E-state index >= 15 is 0 Å². The first-order chi connectivity index (χ1) is 11.8. The third-order valence-corrected chi connectivity index (χ3v) is 6.33. The van der Waals surface area contributed by atoms with Gasteiger partial charge in [0.05, 0.1) is 6.10 Å². The molecule has 0 bridgehead atoms. The maximum Gasteiger partial charge on any atom is 0.123 e. The second kappa shape index (κ2) is 7.45. The van der Waals surface area contributed by atoms with Crippen LogP contribution >= 0.6 is 0 Å². The van der Waals surface area contributed by atoms with Gasteiger partial charge in [0.15, 0.2) is 0 Å². The van der Waals surface area contributed by atoms with Crippen LogP contribution in [-0.4, -0.2) is 43.2 Å². The summed E-state index contributed by atoms with van der Waals surface area (Å²) in [6.07, 6.45) is 11.0. The van der Waals surface area contributed by atoms with Crippen LogP contribution in [-0.2, 0) is 0 Å². The van der Waals surface area contributed by atoms with Gasteiger partial charge in [-0.15, -0.1) is 0 Å². The molecule has 2 saturated carbocycles. The Hall–Kier alpha value is -1.06. The molecule has 3 fully saturated rings. The maximum absolute atomic E-state index is 6.16. The van der Waals surface area contributed by atoms with E-state index in [4.69, 9.17) is 4.74 Å². The minimum atomic E-state index is 0.494. The van der Waals surface area contributed by atoms with E-state index in [1.807, 2.05) is 0 Å². The van der Waals surface area contributed by atoms with Crippen LogP contribution in [0.25, 0.3) is 0 Å². The molecular formula is C21H32N2O. The van der Waals surface area contributed by atoms with E-state index in [0.717, 1.165) is 17.8 Å². The number of para-hydroxylation sites is 1. The fourth-order valence-electron chi connectivity index (χ4n) is 4.60. The molecule has 1 N–H and O–H groups in total. The maximum atomic E-state index is 6.16. The molecule has 3 nitrogen and oxygen atoms in total. The highest BCUT2D eigenvalue weighted by atomic mass is 16.5. The number of piperidine rings is 1. The minimum absolute atomic E-state index is 0.494. The summed E-state index contributed by atoms with van der Waals surface area (Å²) in [4.78, 5) is 2.77. The van der Waals surface area contributed by atoms with Crippen LogP contribution in [0.2, 0.25) is 0 Å². The molecule has 1 aliphatic heterocycles. The summed E-state index contributed by atoms with van der Waals surface area (Å²) in [6.45, 7) is 2.52. The van der Waals surface area contributed by atoms with Crippen LogP contribution in [0.15, 0.2) is 24.3 Å². The Labute approximate surface area is 146 Å². The standard InChI is InChI=1S/C21H32N2O/c1-22-17-6-8-18(9-7-17)23-14-12-16(13-15-23)20-4-2-3-5-21(20)24-19-10-11-19/h2-5,16-19,22H,6-15H2,1H3. The first kappa shape index (κ1) is 16.4. The summed E-state index contributed by atoms with van der Waals surface area (Å²) in [5.74, 6) is 1.85. The lowest BCUT2D eigenvalue weighted by Gasteiger charge is -2.41. The average Bonchev–Trinajstić information content (AvgIpc) is 3.47. The Bertz CT molecular complexity index is 526. The molecule has 0 spiro atoms. The number of hydrogen-bond donors (Lipinski definition) is 1. The molecule has 0 amide bonds. The first-order valence-electron chi connectivity index (χ1n) is 10.0. The predicted molar refractivity (Wildman–Crippen MR) is 98.7 cm³/mol. The van der Waals surface area contributed by atoms with Gasteiger partial charge >= 0.3 is 0 Å². The van der Waals surface area contributed by atoms with Gasteiger partial charge in [0.2, 0.25) is 0 Å². The van der Waals surface area contributed by atoms with Crippen molar-refractivity contribution >= 4 is 0 Å². The van der Waals surface area contributed by atoms with Crippen molar-refractivity contribution in [1.82, 2.24) is 10.2 Å². The van der Waals surface area contributed by atoms with Gasteiger partial charge in [0.1, 0.15) is 5.75 Å². The highest BCUT2D eigenvalue weighted by Gasteiger charge is 2.31. The van der Waals surface area contributed by atoms with Gasteiger partial charge in [-0.05, 0) is 89.1 Å². The fourth-order valence-corrected chi connectivity index (χ4v) is 4.60. The van der Waals surface area contributed by atoms with E-state index in [1.54, 1.807) is 0 Å². The van der Waals surface area contributed by atoms with Crippen molar-refractivity contribution in [3.05, 3.63) is 29.8 Å². The van der Waals surface area contributed by atoms with E-state index in [1.165, 1.54) is 70.0 Å². The van der Waals surface area contributed by atoms with E-state index in [0.29, 0.717) is 12.0 Å². The molecule has 3 heteroatoms. The first-order valence-corrected chi connectivity index (χ1v) is 10.0. The van der Waals surface area contributed by atoms with Crippen molar-refractivity contribution in [2.45, 2.75) is 75.5 Å². The van der Waals surface area contributed by atoms with Crippen LogP contribution < -0.4 is 10.1 Å². The molecule has 132 valence electrons. The lowest BCUT2D eigenvalue weighted by atomic mass is 9.85. The minimum Gasteiger partial charge on any atom is -0.490 e. The molecule has 24 heavy (non-hydrogen) atoms. The highest BCUT2D eigenvalue weighted by Crippen LogP contribution is 2.38. The number of nitrogens with zero attached hydrogens (tertiary/aromatic N) is 1. The molecular weight excluding hydrogens is 296 g/mol. The smallest absolute Gasteiger partial charge is 0.123 e. The third-order valence-electron chi connectivity index (χ3n) is 6.33. The van der Waals surface area contributed by atoms with E-state index < -0.39 is 0 Å². The largest absolute Gasteiger partial charge is 0.490 e. The van der Waals surface area contributed by atoms with E-state index in [-0.39, 0.29) is 0 Å². The number of likely N-dealkylation sites (tertiary alicyclic amines) is 1. The number of benzene rings is 1. The summed E-state index contributed by atoms with van der Waals surface area (Å²) in [5, 5.41) is 3.45. The Balaban J connectivity index is 1.33. The van der Waals surface area contributed by atoms with Gasteiger partial charge in [-0.3, -0.25) is 0 Å². The molecule has 1 aromatic rings. The van der Waals surface area contributed by atoms with Crippen molar-refractivity contribution in [3.8, 4) is 5.75 Å². The average molecular weight is 329 g/mol. The van der Waals surface area contributed by atoms with Crippen molar-refractivity contribution in [2.75, 3.05) is 20.1 Å².